The molecule has 0 spiro atoms. The molecule has 3 aliphatic heterocycles. The first-order valence-corrected chi connectivity index (χ1v) is 10.3. The summed E-state index contributed by atoms with van der Waals surface area (Å²) in [5.41, 5.74) is 0.564. The highest BCUT2D eigenvalue weighted by molar-refractivity contribution is 5.66. The first-order chi connectivity index (χ1) is 12.1. The lowest BCUT2D eigenvalue weighted by Crippen LogP contribution is -2.61. The molecule has 0 N–H and O–H groups in total. The molecule has 1 saturated carbocycles. The molecule has 0 aromatic carbocycles. The monoisotopic (exact) mass is 362 g/mol. The number of ether oxygens (including phenoxy) is 3. The highest BCUT2D eigenvalue weighted by atomic mass is 16.6. The summed E-state index contributed by atoms with van der Waals surface area (Å²) in [5, 5.41) is 0. The lowest BCUT2D eigenvalue weighted by Gasteiger charge is -2.53. The van der Waals surface area contributed by atoms with Crippen LogP contribution in [0.4, 0.5) is 0 Å². The molecule has 146 valence electrons. The van der Waals surface area contributed by atoms with E-state index in [-0.39, 0.29) is 29.9 Å². The lowest BCUT2D eigenvalue weighted by molar-refractivity contribution is -0.251. The summed E-state index contributed by atoms with van der Waals surface area (Å²) in [6.45, 7) is 15.0. The second-order valence-electron chi connectivity index (χ2n) is 9.87. The molecule has 0 amide bonds. The van der Waals surface area contributed by atoms with Crippen LogP contribution in [-0.2, 0) is 19.0 Å². The van der Waals surface area contributed by atoms with E-state index in [1.807, 2.05) is 0 Å². The molecule has 8 atom stereocenters. The van der Waals surface area contributed by atoms with Crippen molar-refractivity contribution >= 4 is 5.97 Å². The molecular formula is C22H34O4. The maximum atomic E-state index is 11.6. The van der Waals surface area contributed by atoms with Crippen LogP contribution in [0.1, 0.15) is 66.7 Å². The average Bonchev–Trinajstić information content (AvgIpc) is 2.86. The molecule has 0 aromatic rings. The summed E-state index contributed by atoms with van der Waals surface area (Å²) < 4.78 is 19.1. The Kier molecular flexibility index (Phi) is 4.31. The topological polar surface area (TPSA) is 44.8 Å². The van der Waals surface area contributed by atoms with E-state index < -0.39 is 5.60 Å². The first kappa shape index (κ1) is 18.5. The number of hydrogen-bond donors (Lipinski definition) is 0. The zero-order chi connectivity index (χ0) is 18.9. The Morgan fingerprint density at radius 1 is 1.27 bits per heavy atom. The minimum absolute atomic E-state index is 0.113. The zero-order valence-electron chi connectivity index (χ0n) is 16.9. The third-order valence-electron chi connectivity index (χ3n) is 7.67. The number of rotatable bonds is 2. The summed E-state index contributed by atoms with van der Waals surface area (Å²) >= 11 is 0. The van der Waals surface area contributed by atoms with Gasteiger partial charge in [-0.05, 0) is 57.3 Å². The van der Waals surface area contributed by atoms with Crippen LogP contribution in [0, 0.1) is 23.7 Å². The van der Waals surface area contributed by atoms with Crippen molar-refractivity contribution in [3.8, 4) is 0 Å². The van der Waals surface area contributed by atoms with Crippen LogP contribution >= 0.6 is 0 Å². The number of carbonyl (C=O) groups excluding carboxylic acids is 1. The van der Waals surface area contributed by atoms with Crippen molar-refractivity contribution in [1.82, 2.24) is 0 Å². The van der Waals surface area contributed by atoms with Crippen LogP contribution in [0.25, 0.3) is 0 Å². The quantitative estimate of drug-likeness (QED) is 0.543. The van der Waals surface area contributed by atoms with E-state index in [1.165, 1.54) is 18.9 Å². The Morgan fingerprint density at radius 2 is 2.00 bits per heavy atom. The minimum atomic E-state index is -0.478. The SMILES string of the molecule is C=C1CC[C@@H](C(C)C)[C@H]2[C@@H]1[C@H]1C[C@]3(C)O[C@@](C)(CC[C@@H]3OC(C)=O)[C@@H]2O1. The molecule has 0 radical (unpaired) electrons. The molecule has 1 aliphatic carbocycles. The molecule has 4 bridgehead atoms. The number of esters is 1. The molecule has 4 fully saturated rings. The summed E-state index contributed by atoms with van der Waals surface area (Å²) in [6.07, 6.45) is 4.88. The molecule has 3 saturated heterocycles. The standard InChI is InChI=1S/C22H34O4/c1-12(2)15-8-7-13(3)18-16-11-22(6)17(24-14(4)23)9-10-21(5,26-22)20(25-16)19(15)18/h12,15-20H,3,7-11H2,1-2,4-6H3/t15-,16+,17-,18-,19-,20+,21-,22-/m0/s1. The second-order valence-corrected chi connectivity index (χ2v) is 9.87. The van der Waals surface area contributed by atoms with Crippen molar-refractivity contribution in [1.29, 1.82) is 0 Å². The van der Waals surface area contributed by atoms with Crippen LogP contribution in [0.3, 0.4) is 0 Å². The van der Waals surface area contributed by atoms with E-state index in [2.05, 4.69) is 34.3 Å². The van der Waals surface area contributed by atoms with Gasteiger partial charge in [-0.2, -0.15) is 0 Å². The first-order valence-electron chi connectivity index (χ1n) is 10.3. The normalized spacial score (nSPS) is 50.3. The predicted molar refractivity (Wildman–Crippen MR) is 99.6 cm³/mol. The van der Waals surface area contributed by atoms with E-state index in [0.717, 1.165) is 25.7 Å². The zero-order valence-corrected chi connectivity index (χ0v) is 16.9. The summed E-state index contributed by atoms with van der Waals surface area (Å²) in [7, 11) is 0. The molecule has 26 heavy (non-hydrogen) atoms. The highest BCUT2D eigenvalue weighted by Crippen LogP contribution is 2.59. The number of hydrogen-bond acceptors (Lipinski definition) is 4. The Balaban J connectivity index is 1.72. The van der Waals surface area contributed by atoms with Gasteiger partial charge in [-0.15, -0.1) is 0 Å². The maximum Gasteiger partial charge on any atom is 0.303 e. The van der Waals surface area contributed by atoms with Crippen LogP contribution in [-0.4, -0.2) is 35.5 Å². The van der Waals surface area contributed by atoms with Crippen molar-refractivity contribution in [3.63, 3.8) is 0 Å². The maximum absolute atomic E-state index is 11.6. The van der Waals surface area contributed by atoms with E-state index >= 15 is 0 Å². The van der Waals surface area contributed by atoms with E-state index in [1.54, 1.807) is 0 Å². The van der Waals surface area contributed by atoms with Crippen LogP contribution < -0.4 is 0 Å². The van der Waals surface area contributed by atoms with E-state index in [4.69, 9.17) is 14.2 Å². The van der Waals surface area contributed by atoms with Crippen LogP contribution in [0.15, 0.2) is 12.2 Å². The van der Waals surface area contributed by atoms with Gasteiger partial charge in [0.25, 0.3) is 0 Å². The molecule has 0 aromatic heterocycles. The fourth-order valence-electron chi connectivity index (χ4n) is 6.57. The molecule has 4 heteroatoms. The van der Waals surface area contributed by atoms with E-state index in [0.29, 0.717) is 23.7 Å². The van der Waals surface area contributed by atoms with E-state index in [9.17, 15) is 4.79 Å². The number of carbonyl (C=O) groups is 1. The van der Waals surface area contributed by atoms with Gasteiger partial charge in [0.2, 0.25) is 0 Å². The molecule has 4 aliphatic rings. The van der Waals surface area contributed by atoms with Gasteiger partial charge in [0.05, 0.1) is 17.8 Å². The third kappa shape index (κ3) is 2.67. The van der Waals surface area contributed by atoms with Gasteiger partial charge in [0.15, 0.2) is 0 Å². The highest BCUT2D eigenvalue weighted by Gasteiger charge is 2.65. The predicted octanol–water partition coefficient (Wildman–Crippen LogP) is 4.27. The van der Waals surface area contributed by atoms with Crippen molar-refractivity contribution in [2.24, 2.45) is 23.7 Å². The average molecular weight is 363 g/mol. The van der Waals surface area contributed by atoms with Crippen molar-refractivity contribution in [2.45, 2.75) is 96.2 Å². The summed E-state index contributed by atoms with van der Waals surface area (Å²) in [6, 6.07) is 0. The van der Waals surface area contributed by atoms with Gasteiger partial charge in [-0.3, -0.25) is 4.79 Å². The third-order valence-corrected chi connectivity index (χ3v) is 7.67. The molecule has 4 nitrogen and oxygen atoms in total. The van der Waals surface area contributed by atoms with Gasteiger partial charge in [-0.1, -0.05) is 26.0 Å². The molecule has 3 heterocycles. The Morgan fingerprint density at radius 3 is 2.65 bits per heavy atom. The smallest absolute Gasteiger partial charge is 0.303 e. The van der Waals surface area contributed by atoms with Gasteiger partial charge >= 0.3 is 5.97 Å². The molecule has 4 rings (SSSR count). The van der Waals surface area contributed by atoms with Crippen molar-refractivity contribution in [3.05, 3.63) is 12.2 Å². The van der Waals surface area contributed by atoms with Gasteiger partial charge in [-0.25, -0.2) is 0 Å². The summed E-state index contributed by atoms with van der Waals surface area (Å²) in [4.78, 5) is 11.6. The van der Waals surface area contributed by atoms with Crippen molar-refractivity contribution in [2.75, 3.05) is 0 Å². The van der Waals surface area contributed by atoms with Gasteiger partial charge in [0, 0.05) is 19.3 Å². The van der Waals surface area contributed by atoms with Crippen LogP contribution in [0.5, 0.6) is 0 Å². The van der Waals surface area contributed by atoms with Gasteiger partial charge < -0.3 is 14.2 Å². The van der Waals surface area contributed by atoms with Crippen LogP contribution in [0.2, 0.25) is 0 Å². The minimum Gasteiger partial charge on any atom is -0.459 e. The fraction of sp³-hybridized carbons (Fsp3) is 0.864. The Hall–Kier alpha value is -0.870. The Labute approximate surface area is 157 Å². The number of fused-ring (bicyclic) bond motifs is 8. The van der Waals surface area contributed by atoms with Gasteiger partial charge in [0.1, 0.15) is 11.7 Å². The molecular weight excluding hydrogens is 328 g/mol. The summed E-state index contributed by atoms with van der Waals surface area (Å²) in [5.74, 6) is 2.00. The second kappa shape index (κ2) is 6.07. The largest absolute Gasteiger partial charge is 0.459 e. The fourth-order valence-corrected chi connectivity index (χ4v) is 6.57. The Bertz CT molecular complexity index is 613. The lowest BCUT2D eigenvalue weighted by atomic mass is 9.59. The van der Waals surface area contributed by atoms with Crippen molar-refractivity contribution < 1.29 is 19.0 Å². The molecule has 0 unspecified atom stereocenters.